The van der Waals surface area contributed by atoms with E-state index < -0.39 is 0 Å². The van der Waals surface area contributed by atoms with Crippen LogP contribution in [0.25, 0.3) is 0 Å². The smallest absolute Gasteiger partial charge is 0.289 e. The molecule has 1 aromatic heterocycles. The van der Waals surface area contributed by atoms with Gasteiger partial charge in [-0.1, -0.05) is 48.5 Å². The molecule has 128 valence electrons. The van der Waals surface area contributed by atoms with Gasteiger partial charge in [-0.05, 0) is 36.8 Å². The van der Waals surface area contributed by atoms with Crippen molar-refractivity contribution >= 4 is 5.91 Å². The minimum absolute atomic E-state index is 0.0391. The summed E-state index contributed by atoms with van der Waals surface area (Å²) in [7, 11) is 1.78. The molecule has 4 heteroatoms. The Balaban J connectivity index is 1.64. The van der Waals surface area contributed by atoms with Crippen molar-refractivity contribution in [3.05, 3.63) is 89.9 Å². The molecule has 1 atom stereocenters. The van der Waals surface area contributed by atoms with Crippen LogP contribution >= 0.6 is 0 Å². The van der Waals surface area contributed by atoms with Gasteiger partial charge in [0.15, 0.2) is 5.76 Å². The Hall–Kier alpha value is -3.01. The summed E-state index contributed by atoms with van der Waals surface area (Å²) < 4.78 is 11.3. The van der Waals surface area contributed by atoms with Crippen molar-refractivity contribution in [2.75, 3.05) is 7.05 Å². The van der Waals surface area contributed by atoms with Crippen LogP contribution in [0.1, 0.15) is 34.8 Å². The van der Waals surface area contributed by atoms with Crippen LogP contribution in [0, 0.1) is 0 Å². The summed E-state index contributed by atoms with van der Waals surface area (Å²) in [5.74, 6) is 1.55. The van der Waals surface area contributed by atoms with Crippen molar-refractivity contribution in [3.63, 3.8) is 0 Å². The van der Waals surface area contributed by atoms with Gasteiger partial charge >= 0.3 is 0 Å². The Morgan fingerprint density at radius 1 is 1.00 bits per heavy atom. The zero-order valence-electron chi connectivity index (χ0n) is 14.4. The highest BCUT2D eigenvalue weighted by atomic mass is 16.5. The van der Waals surface area contributed by atoms with Crippen molar-refractivity contribution in [2.24, 2.45) is 0 Å². The molecule has 0 radical (unpaired) electrons. The zero-order valence-corrected chi connectivity index (χ0v) is 14.4. The van der Waals surface area contributed by atoms with Crippen molar-refractivity contribution in [1.29, 1.82) is 0 Å². The summed E-state index contributed by atoms with van der Waals surface area (Å²) >= 11 is 0. The molecule has 0 saturated carbocycles. The fourth-order valence-electron chi connectivity index (χ4n) is 2.55. The third kappa shape index (κ3) is 4.10. The monoisotopic (exact) mass is 335 g/mol. The first kappa shape index (κ1) is 16.8. The summed E-state index contributed by atoms with van der Waals surface area (Å²) in [4.78, 5) is 14.3. The predicted octanol–water partition coefficient (Wildman–Crippen LogP) is 4.69. The average Bonchev–Trinajstić information content (AvgIpc) is 3.15. The fraction of sp³-hybridized carbons (Fsp3) is 0.190. The van der Waals surface area contributed by atoms with E-state index in [1.165, 1.54) is 0 Å². The first-order valence-electron chi connectivity index (χ1n) is 8.24. The second-order valence-electron chi connectivity index (χ2n) is 5.87. The van der Waals surface area contributed by atoms with Crippen LogP contribution in [0.5, 0.6) is 5.75 Å². The van der Waals surface area contributed by atoms with Crippen LogP contribution in [-0.2, 0) is 6.61 Å². The van der Waals surface area contributed by atoms with Gasteiger partial charge in [0, 0.05) is 7.05 Å². The van der Waals surface area contributed by atoms with Gasteiger partial charge in [-0.2, -0.15) is 0 Å². The van der Waals surface area contributed by atoms with Gasteiger partial charge in [-0.15, -0.1) is 0 Å². The first-order chi connectivity index (χ1) is 12.1. The number of carbonyl (C=O) groups is 1. The van der Waals surface area contributed by atoms with Crippen molar-refractivity contribution < 1.29 is 13.9 Å². The number of hydrogen-bond acceptors (Lipinski definition) is 3. The fourth-order valence-corrected chi connectivity index (χ4v) is 2.55. The molecule has 2 aromatic carbocycles. The SMILES string of the molecule is CC(c1ccccc1)N(C)C(=O)c1ccc(COc2ccccc2)o1. The van der Waals surface area contributed by atoms with Gasteiger partial charge in [0.2, 0.25) is 0 Å². The van der Waals surface area contributed by atoms with Gasteiger partial charge in [0.25, 0.3) is 5.91 Å². The summed E-state index contributed by atoms with van der Waals surface area (Å²) in [6, 6.07) is 22.9. The number of benzene rings is 2. The lowest BCUT2D eigenvalue weighted by Gasteiger charge is -2.24. The van der Waals surface area contributed by atoms with Gasteiger partial charge in [0.1, 0.15) is 18.1 Å². The second kappa shape index (κ2) is 7.71. The Morgan fingerprint density at radius 3 is 2.32 bits per heavy atom. The highest BCUT2D eigenvalue weighted by Crippen LogP contribution is 2.21. The lowest BCUT2D eigenvalue weighted by Crippen LogP contribution is -2.29. The van der Waals surface area contributed by atoms with Crippen LogP contribution in [0.3, 0.4) is 0 Å². The number of nitrogens with zero attached hydrogens (tertiary/aromatic N) is 1. The molecule has 25 heavy (non-hydrogen) atoms. The molecule has 1 unspecified atom stereocenters. The summed E-state index contributed by atoms with van der Waals surface area (Å²) in [6.07, 6.45) is 0. The third-order valence-corrected chi connectivity index (χ3v) is 4.18. The second-order valence-corrected chi connectivity index (χ2v) is 5.87. The van der Waals surface area contributed by atoms with Crippen molar-refractivity contribution in [3.8, 4) is 5.75 Å². The van der Waals surface area contributed by atoms with E-state index in [1.807, 2.05) is 67.6 Å². The lowest BCUT2D eigenvalue weighted by atomic mass is 10.1. The molecule has 0 bridgehead atoms. The maximum Gasteiger partial charge on any atom is 0.289 e. The zero-order chi connectivity index (χ0) is 17.6. The normalized spacial score (nSPS) is 11.8. The van der Waals surface area contributed by atoms with Crippen LogP contribution in [-0.4, -0.2) is 17.9 Å². The number of rotatable bonds is 6. The highest BCUT2D eigenvalue weighted by molar-refractivity contribution is 5.91. The summed E-state index contributed by atoms with van der Waals surface area (Å²) in [6.45, 7) is 2.28. The molecule has 0 aliphatic rings. The predicted molar refractivity (Wildman–Crippen MR) is 96.4 cm³/mol. The van der Waals surface area contributed by atoms with E-state index in [4.69, 9.17) is 9.15 Å². The highest BCUT2D eigenvalue weighted by Gasteiger charge is 2.21. The van der Waals surface area contributed by atoms with E-state index in [9.17, 15) is 4.79 Å². The van der Waals surface area contributed by atoms with Crippen LogP contribution < -0.4 is 4.74 Å². The van der Waals surface area contributed by atoms with Crippen molar-refractivity contribution in [1.82, 2.24) is 4.90 Å². The van der Waals surface area contributed by atoms with E-state index in [0.29, 0.717) is 11.5 Å². The van der Waals surface area contributed by atoms with E-state index in [2.05, 4.69) is 0 Å². The molecule has 0 spiro atoms. The molecule has 0 aliphatic carbocycles. The Labute approximate surface area is 147 Å². The summed E-state index contributed by atoms with van der Waals surface area (Å²) in [5.41, 5.74) is 1.08. The maximum atomic E-state index is 12.6. The molecular weight excluding hydrogens is 314 g/mol. The van der Waals surface area contributed by atoms with E-state index in [1.54, 1.807) is 24.1 Å². The van der Waals surface area contributed by atoms with Gasteiger partial charge in [-0.3, -0.25) is 4.79 Å². The summed E-state index contributed by atoms with van der Waals surface area (Å²) in [5, 5.41) is 0. The van der Waals surface area contributed by atoms with Crippen LogP contribution in [0.15, 0.2) is 77.2 Å². The minimum Gasteiger partial charge on any atom is -0.486 e. The molecule has 1 amide bonds. The molecule has 0 fully saturated rings. The lowest BCUT2D eigenvalue weighted by molar-refractivity contribution is 0.0706. The molecule has 0 saturated heterocycles. The first-order valence-corrected chi connectivity index (χ1v) is 8.24. The Morgan fingerprint density at radius 2 is 1.64 bits per heavy atom. The quantitative estimate of drug-likeness (QED) is 0.656. The number of para-hydroxylation sites is 1. The minimum atomic E-state index is -0.151. The molecule has 4 nitrogen and oxygen atoms in total. The number of hydrogen-bond donors (Lipinski definition) is 0. The van der Waals surface area contributed by atoms with E-state index in [0.717, 1.165) is 11.3 Å². The van der Waals surface area contributed by atoms with Gasteiger partial charge in [0.05, 0.1) is 6.04 Å². The molecule has 3 rings (SSSR count). The Kier molecular flexibility index (Phi) is 5.19. The topological polar surface area (TPSA) is 42.7 Å². The average molecular weight is 335 g/mol. The van der Waals surface area contributed by atoms with Crippen LogP contribution in [0.4, 0.5) is 0 Å². The number of ether oxygens (including phenoxy) is 1. The molecule has 0 aliphatic heterocycles. The van der Waals surface area contributed by atoms with E-state index in [-0.39, 0.29) is 18.6 Å². The molecular formula is C21H21NO3. The van der Waals surface area contributed by atoms with Gasteiger partial charge in [-0.25, -0.2) is 0 Å². The van der Waals surface area contributed by atoms with Crippen LogP contribution in [0.2, 0.25) is 0 Å². The standard InChI is InChI=1S/C21H21NO3/c1-16(17-9-5-3-6-10-17)22(2)21(23)20-14-13-19(25-20)15-24-18-11-7-4-8-12-18/h3-14,16H,15H2,1-2H3. The van der Waals surface area contributed by atoms with Gasteiger partial charge < -0.3 is 14.1 Å². The number of amides is 1. The molecule has 1 heterocycles. The van der Waals surface area contributed by atoms with Crippen molar-refractivity contribution in [2.45, 2.75) is 19.6 Å². The number of furan rings is 1. The molecule has 0 N–H and O–H groups in total. The Bertz CT molecular complexity index is 811. The van der Waals surface area contributed by atoms with E-state index >= 15 is 0 Å². The maximum absolute atomic E-state index is 12.6. The number of carbonyl (C=O) groups excluding carboxylic acids is 1. The third-order valence-electron chi connectivity index (χ3n) is 4.18. The largest absolute Gasteiger partial charge is 0.486 e. The molecule has 3 aromatic rings.